The molecule has 1 aliphatic heterocycles. The van der Waals surface area contributed by atoms with Gasteiger partial charge in [0.1, 0.15) is 0 Å². The fraction of sp³-hybridized carbons (Fsp3) is 0.500. The molecule has 9 heavy (non-hydrogen) atoms. The molecule has 2 nitrogen and oxygen atoms in total. The Kier molecular flexibility index (Phi) is 2.64. The predicted octanol–water partition coefficient (Wildman–Crippen LogP) is 1.05. The zero-order valence-corrected chi connectivity index (χ0v) is 5.93. The van der Waals surface area contributed by atoms with E-state index >= 15 is 0 Å². The molecule has 0 aromatic carbocycles. The van der Waals surface area contributed by atoms with Crippen LogP contribution in [-0.2, 0) is 4.79 Å². The molecule has 0 spiro atoms. The second-order valence-corrected chi connectivity index (χ2v) is 2.87. The van der Waals surface area contributed by atoms with E-state index in [0.29, 0.717) is 0 Å². The summed E-state index contributed by atoms with van der Waals surface area (Å²) in [7, 11) is 0. The summed E-state index contributed by atoms with van der Waals surface area (Å²) in [5.74, 6) is 1.13. The van der Waals surface area contributed by atoms with Gasteiger partial charge in [0.2, 0.25) is 6.41 Å². The Hall–Kier alpha value is -0.440. The summed E-state index contributed by atoms with van der Waals surface area (Å²) in [5, 5.41) is 1.96. The van der Waals surface area contributed by atoms with Crippen molar-refractivity contribution in [2.45, 2.75) is 6.42 Å². The Bertz CT molecular complexity index is 124. The highest BCUT2D eigenvalue weighted by Crippen LogP contribution is 2.09. The smallest absolute Gasteiger partial charge is 0.213 e. The lowest BCUT2D eigenvalue weighted by atomic mass is 10.4. The first-order valence-corrected chi connectivity index (χ1v) is 3.97. The van der Waals surface area contributed by atoms with Crippen LogP contribution in [0.3, 0.4) is 0 Å². The highest BCUT2D eigenvalue weighted by molar-refractivity contribution is 8.02. The first kappa shape index (κ1) is 6.68. The van der Waals surface area contributed by atoms with Gasteiger partial charge in [0.25, 0.3) is 0 Å². The molecule has 0 aromatic rings. The number of rotatable bonds is 1. The minimum absolute atomic E-state index is 0.863. The van der Waals surface area contributed by atoms with Gasteiger partial charge in [-0.15, -0.1) is 11.8 Å². The van der Waals surface area contributed by atoms with E-state index in [9.17, 15) is 4.79 Å². The van der Waals surface area contributed by atoms with Crippen LogP contribution < -0.4 is 0 Å². The Morgan fingerprint density at radius 3 is 3.33 bits per heavy atom. The molecule has 0 fully saturated rings. The highest BCUT2D eigenvalue weighted by Gasteiger charge is 1.98. The Morgan fingerprint density at radius 1 is 1.67 bits per heavy atom. The normalized spacial score (nSPS) is 19.3. The van der Waals surface area contributed by atoms with E-state index in [0.717, 1.165) is 25.1 Å². The topological polar surface area (TPSA) is 20.3 Å². The fourth-order valence-electron chi connectivity index (χ4n) is 0.682. The Balaban J connectivity index is 2.41. The lowest BCUT2D eigenvalue weighted by Crippen LogP contribution is -2.14. The molecule has 0 bridgehead atoms. The zero-order valence-electron chi connectivity index (χ0n) is 5.12. The van der Waals surface area contributed by atoms with Gasteiger partial charge >= 0.3 is 0 Å². The molecule has 0 radical (unpaired) electrons. The van der Waals surface area contributed by atoms with Crippen molar-refractivity contribution in [3.8, 4) is 0 Å². The Morgan fingerprint density at radius 2 is 2.56 bits per heavy atom. The summed E-state index contributed by atoms with van der Waals surface area (Å²) in [5.41, 5.74) is 0. The van der Waals surface area contributed by atoms with Crippen LogP contribution >= 0.6 is 11.8 Å². The van der Waals surface area contributed by atoms with Crippen LogP contribution in [0.5, 0.6) is 0 Å². The van der Waals surface area contributed by atoms with Crippen molar-refractivity contribution in [2.24, 2.45) is 0 Å². The van der Waals surface area contributed by atoms with E-state index in [-0.39, 0.29) is 0 Å². The third-order valence-electron chi connectivity index (χ3n) is 1.16. The monoisotopic (exact) mass is 143 g/mol. The molecular weight excluding hydrogens is 134 g/mol. The third-order valence-corrected chi connectivity index (χ3v) is 2.00. The van der Waals surface area contributed by atoms with E-state index in [2.05, 4.69) is 0 Å². The zero-order chi connectivity index (χ0) is 6.53. The molecule has 3 heteroatoms. The lowest BCUT2D eigenvalue weighted by molar-refractivity contribution is -0.115. The van der Waals surface area contributed by atoms with Crippen molar-refractivity contribution in [3.05, 3.63) is 11.6 Å². The van der Waals surface area contributed by atoms with Crippen molar-refractivity contribution in [2.75, 3.05) is 12.3 Å². The molecule has 1 heterocycles. The van der Waals surface area contributed by atoms with Crippen LogP contribution in [0.25, 0.3) is 0 Å². The second-order valence-electron chi connectivity index (χ2n) is 1.85. The quantitative estimate of drug-likeness (QED) is 0.511. The summed E-state index contributed by atoms with van der Waals surface area (Å²) in [4.78, 5) is 11.8. The number of hydrogen-bond donors (Lipinski definition) is 0. The fourth-order valence-corrected chi connectivity index (χ4v) is 1.36. The molecule has 1 aliphatic rings. The van der Waals surface area contributed by atoms with Gasteiger partial charge in [-0.05, 0) is 17.6 Å². The summed E-state index contributed by atoms with van der Waals surface area (Å²) >= 11 is 1.75. The number of thioether (sulfide) groups is 1. The van der Waals surface area contributed by atoms with E-state index in [1.165, 1.54) is 0 Å². The average molecular weight is 143 g/mol. The summed E-state index contributed by atoms with van der Waals surface area (Å²) in [6.07, 6.45) is 3.78. The first-order valence-electron chi connectivity index (χ1n) is 2.93. The van der Waals surface area contributed by atoms with Crippen molar-refractivity contribution < 1.29 is 4.79 Å². The summed E-state index contributed by atoms with van der Waals surface area (Å²) < 4.78 is 0. The average Bonchev–Trinajstić information content (AvgIpc) is 2.13. The van der Waals surface area contributed by atoms with Gasteiger partial charge in [0, 0.05) is 12.7 Å². The SMILES string of the molecule is O=CN1C=CSCCC1. The van der Waals surface area contributed by atoms with Gasteiger partial charge < -0.3 is 4.90 Å². The van der Waals surface area contributed by atoms with Crippen molar-refractivity contribution >= 4 is 18.2 Å². The van der Waals surface area contributed by atoms with Crippen LogP contribution in [0.15, 0.2) is 11.6 Å². The van der Waals surface area contributed by atoms with Crippen LogP contribution in [0.1, 0.15) is 6.42 Å². The minimum Gasteiger partial charge on any atom is -0.321 e. The number of amides is 1. The van der Waals surface area contributed by atoms with Gasteiger partial charge in [0.15, 0.2) is 0 Å². The van der Waals surface area contributed by atoms with E-state index in [1.54, 1.807) is 16.7 Å². The van der Waals surface area contributed by atoms with Crippen LogP contribution in [0.2, 0.25) is 0 Å². The van der Waals surface area contributed by atoms with Crippen molar-refractivity contribution in [1.29, 1.82) is 0 Å². The highest BCUT2D eigenvalue weighted by atomic mass is 32.2. The molecular formula is C6H9NOS. The maximum Gasteiger partial charge on any atom is 0.213 e. The number of nitrogens with zero attached hydrogens (tertiary/aromatic N) is 1. The summed E-state index contributed by atoms with van der Waals surface area (Å²) in [6, 6.07) is 0. The van der Waals surface area contributed by atoms with Crippen LogP contribution in [0.4, 0.5) is 0 Å². The maximum absolute atomic E-state index is 10.2. The molecule has 50 valence electrons. The van der Waals surface area contributed by atoms with Gasteiger partial charge in [0.05, 0.1) is 0 Å². The van der Waals surface area contributed by atoms with Crippen LogP contribution in [-0.4, -0.2) is 23.6 Å². The van der Waals surface area contributed by atoms with Gasteiger partial charge in [-0.1, -0.05) is 0 Å². The standard InChI is InChI=1S/C6H9NOS/c8-6-7-2-1-4-9-5-3-7/h3,5-6H,1-2,4H2. The van der Waals surface area contributed by atoms with Gasteiger partial charge in [-0.25, -0.2) is 0 Å². The predicted molar refractivity (Wildman–Crippen MR) is 39.0 cm³/mol. The molecule has 1 amide bonds. The number of carbonyl (C=O) groups excluding carboxylic acids is 1. The largest absolute Gasteiger partial charge is 0.321 e. The molecule has 0 saturated heterocycles. The molecule has 0 unspecified atom stereocenters. The number of hydrogen-bond acceptors (Lipinski definition) is 2. The van der Waals surface area contributed by atoms with E-state index in [1.807, 2.05) is 11.6 Å². The van der Waals surface area contributed by atoms with Crippen LogP contribution in [0, 0.1) is 0 Å². The molecule has 0 N–H and O–H groups in total. The number of carbonyl (C=O) groups is 1. The van der Waals surface area contributed by atoms with E-state index in [4.69, 9.17) is 0 Å². The molecule has 0 aliphatic carbocycles. The maximum atomic E-state index is 10.2. The minimum atomic E-state index is 0.863. The molecule has 0 saturated carbocycles. The second kappa shape index (κ2) is 3.56. The van der Waals surface area contributed by atoms with Gasteiger partial charge in [-0.2, -0.15) is 0 Å². The molecule has 0 aromatic heterocycles. The van der Waals surface area contributed by atoms with Gasteiger partial charge in [-0.3, -0.25) is 4.79 Å². The van der Waals surface area contributed by atoms with E-state index < -0.39 is 0 Å². The third kappa shape index (κ3) is 2.10. The van der Waals surface area contributed by atoms with Crippen molar-refractivity contribution in [1.82, 2.24) is 4.90 Å². The van der Waals surface area contributed by atoms with Crippen molar-refractivity contribution in [3.63, 3.8) is 0 Å². The lowest BCUT2D eigenvalue weighted by Gasteiger charge is -2.06. The summed E-state index contributed by atoms with van der Waals surface area (Å²) in [6.45, 7) is 0.868. The molecule has 1 rings (SSSR count). The first-order chi connectivity index (χ1) is 4.43. The Labute approximate surface area is 58.9 Å². The molecule has 0 atom stereocenters.